The molecule has 112 valence electrons. The number of nitrogens with zero attached hydrogens (tertiary/aromatic N) is 1. The highest BCUT2D eigenvalue weighted by atomic mass is 19.2. The van der Waals surface area contributed by atoms with Crippen molar-refractivity contribution >= 4 is 5.69 Å². The largest absolute Gasteiger partial charge is 0.373 e. The molecule has 2 aromatic carbocycles. The van der Waals surface area contributed by atoms with Gasteiger partial charge in [-0.2, -0.15) is 0 Å². The van der Waals surface area contributed by atoms with Crippen molar-refractivity contribution in [3.8, 4) is 0 Å². The highest BCUT2D eigenvalue weighted by Crippen LogP contribution is 2.22. The highest BCUT2D eigenvalue weighted by Gasteiger charge is 2.18. The third-order valence-electron chi connectivity index (χ3n) is 3.43. The van der Waals surface area contributed by atoms with Gasteiger partial charge in [-0.25, -0.2) is 13.2 Å². The number of rotatable bonds is 5. The van der Waals surface area contributed by atoms with Crippen molar-refractivity contribution in [2.75, 3.05) is 25.5 Å². The first-order chi connectivity index (χ1) is 10.0. The molecule has 2 nitrogen and oxygen atoms in total. The third-order valence-corrected chi connectivity index (χ3v) is 3.43. The first-order valence-electron chi connectivity index (χ1n) is 6.60. The predicted molar refractivity (Wildman–Crippen MR) is 77.8 cm³/mol. The van der Waals surface area contributed by atoms with Crippen LogP contribution in [0, 0.1) is 17.5 Å². The zero-order valence-corrected chi connectivity index (χ0v) is 11.9. The molecule has 0 aromatic heterocycles. The van der Waals surface area contributed by atoms with Gasteiger partial charge in [0.2, 0.25) is 0 Å². The van der Waals surface area contributed by atoms with Crippen LogP contribution in [0.4, 0.5) is 18.9 Å². The predicted octanol–water partition coefficient (Wildman–Crippen LogP) is 3.50. The first-order valence-corrected chi connectivity index (χ1v) is 6.60. The molecule has 0 saturated carbocycles. The normalized spacial score (nSPS) is 12.2. The number of anilines is 1. The molecule has 0 amide bonds. The van der Waals surface area contributed by atoms with Gasteiger partial charge in [-0.05, 0) is 37.4 Å². The molecule has 0 saturated heterocycles. The standard InChI is InChI=1S/C16H17F3N2/c1-20-15(13-4-3-5-14(18)16(13)19)10-21(2)12-8-6-11(17)7-9-12/h3-9,15,20H,10H2,1-2H3. The first kappa shape index (κ1) is 15.4. The van der Waals surface area contributed by atoms with Gasteiger partial charge >= 0.3 is 0 Å². The van der Waals surface area contributed by atoms with Crippen molar-refractivity contribution < 1.29 is 13.2 Å². The van der Waals surface area contributed by atoms with E-state index < -0.39 is 11.6 Å². The molecule has 2 rings (SSSR count). The Balaban J connectivity index is 2.18. The lowest BCUT2D eigenvalue weighted by Crippen LogP contribution is -2.32. The van der Waals surface area contributed by atoms with Gasteiger partial charge in [0.25, 0.3) is 0 Å². The molecule has 1 N–H and O–H groups in total. The SMILES string of the molecule is CNC(CN(C)c1ccc(F)cc1)c1cccc(F)c1F. The van der Waals surface area contributed by atoms with Gasteiger partial charge in [0.05, 0.1) is 6.04 Å². The van der Waals surface area contributed by atoms with Gasteiger partial charge in [0.15, 0.2) is 11.6 Å². The van der Waals surface area contributed by atoms with Crippen LogP contribution < -0.4 is 10.2 Å². The molecule has 0 radical (unpaired) electrons. The fourth-order valence-corrected chi connectivity index (χ4v) is 2.21. The Morgan fingerprint density at radius 2 is 1.71 bits per heavy atom. The quantitative estimate of drug-likeness (QED) is 0.908. The Morgan fingerprint density at radius 3 is 2.33 bits per heavy atom. The Hall–Kier alpha value is -2.01. The van der Waals surface area contributed by atoms with E-state index in [1.165, 1.54) is 18.2 Å². The van der Waals surface area contributed by atoms with Crippen LogP contribution in [0.3, 0.4) is 0 Å². The topological polar surface area (TPSA) is 15.3 Å². The van der Waals surface area contributed by atoms with Gasteiger partial charge in [0, 0.05) is 24.8 Å². The van der Waals surface area contributed by atoms with E-state index in [4.69, 9.17) is 0 Å². The second kappa shape index (κ2) is 6.63. The average Bonchev–Trinajstić information content (AvgIpc) is 2.48. The Bertz CT molecular complexity index is 599. The van der Waals surface area contributed by atoms with Crippen LogP contribution in [-0.4, -0.2) is 20.6 Å². The van der Waals surface area contributed by atoms with Gasteiger partial charge < -0.3 is 10.2 Å². The number of nitrogens with one attached hydrogen (secondary N) is 1. The number of hydrogen-bond acceptors (Lipinski definition) is 2. The number of benzene rings is 2. The minimum absolute atomic E-state index is 0.270. The van der Waals surface area contributed by atoms with Gasteiger partial charge in [-0.1, -0.05) is 12.1 Å². The van der Waals surface area contributed by atoms with Crippen molar-refractivity contribution in [2.45, 2.75) is 6.04 Å². The molecule has 2 aromatic rings. The summed E-state index contributed by atoms with van der Waals surface area (Å²) in [6.07, 6.45) is 0. The van der Waals surface area contributed by atoms with Crippen LogP contribution in [0.5, 0.6) is 0 Å². The fraction of sp³-hybridized carbons (Fsp3) is 0.250. The Labute approximate surface area is 122 Å². The van der Waals surface area contributed by atoms with E-state index in [-0.39, 0.29) is 17.4 Å². The van der Waals surface area contributed by atoms with Gasteiger partial charge in [0.1, 0.15) is 5.82 Å². The summed E-state index contributed by atoms with van der Waals surface area (Å²) in [6, 6.07) is 9.76. The molecule has 0 fully saturated rings. The summed E-state index contributed by atoms with van der Waals surface area (Å²) >= 11 is 0. The summed E-state index contributed by atoms with van der Waals surface area (Å²) in [5.41, 5.74) is 1.07. The molecule has 0 aliphatic carbocycles. The lowest BCUT2D eigenvalue weighted by Gasteiger charge is -2.26. The van der Waals surface area contributed by atoms with Crippen LogP contribution in [0.25, 0.3) is 0 Å². The zero-order valence-electron chi connectivity index (χ0n) is 11.9. The van der Waals surface area contributed by atoms with E-state index in [0.717, 1.165) is 11.8 Å². The summed E-state index contributed by atoms with van der Waals surface area (Å²) in [5.74, 6) is -2.02. The summed E-state index contributed by atoms with van der Waals surface area (Å²) in [6.45, 7) is 0.419. The van der Waals surface area contributed by atoms with Gasteiger partial charge in [-0.15, -0.1) is 0 Å². The molecule has 5 heteroatoms. The Kier molecular flexibility index (Phi) is 4.85. The van der Waals surface area contributed by atoms with Crippen LogP contribution in [-0.2, 0) is 0 Å². The maximum atomic E-state index is 13.9. The molecule has 0 aliphatic rings. The molecule has 0 heterocycles. The maximum absolute atomic E-state index is 13.9. The highest BCUT2D eigenvalue weighted by molar-refractivity contribution is 5.46. The van der Waals surface area contributed by atoms with Crippen LogP contribution >= 0.6 is 0 Å². The fourth-order valence-electron chi connectivity index (χ4n) is 2.21. The second-order valence-electron chi connectivity index (χ2n) is 4.84. The molecule has 1 atom stereocenters. The molecular weight excluding hydrogens is 277 g/mol. The van der Waals surface area contributed by atoms with E-state index in [1.54, 1.807) is 25.2 Å². The lowest BCUT2D eigenvalue weighted by molar-refractivity contribution is 0.474. The van der Waals surface area contributed by atoms with Crippen LogP contribution in [0.1, 0.15) is 11.6 Å². The maximum Gasteiger partial charge on any atom is 0.163 e. The van der Waals surface area contributed by atoms with E-state index in [0.29, 0.717) is 6.54 Å². The van der Waals surface area contributed by atoms with Crippen molar-refractivity contribution in [2.24, 2.45) is 0 Å². The number of halogens is 3. The minimum atomic E-state index is -0.864. The summed E-state index contributed by atoms with van der Waals surface area (Å²) in [7, 11) is 3.50. The molecule has 0 bridgehead atoms. The summed E-state index contributed by atoms with van der Waals surface area (Å²) in [5, 5.41) is 2.98. The van der Waals surface area contributed by atoms with E-state index in [2.05, 4.69) is 5.32 Å². The smallest absolute Gasteiger partial charge is 0.163 e. The Morgan fingerprint density at radius 1 is 1.05 bits per heavy atom. The van der Waals surface area contributed by atoms with E-state index >= 15 is 0 Å². The zero-order chi connectivity index (χ0) is 15.4. The van der Waals surface area contributed by atoms with Crippen molar-refractivity contribution in [1.82, 2.24) is 5.32 Å². The third kappa shape index (κ3) is 3.55. The van der Waals surface area contributed by atoms with Crippen molar-refractivity contribution in [3.05, 3.63) is 65.5 Å². The number of hydrogen-bond donors (Lipinski definition) is 1. The van der Waals surface area contributed by atoms with Gasteiger partial charge in [-0.3, -0.25) is 0 Å². The molecule has 0 aliphatic heterocycles. The van der Waals surface area contributed by atoms with Crippen LogP contribution in [0.15, 0.2) is 42.5 Å². The minimum Gasteiger partial charge on any atom is -0.373 e. The number of likely N-dealkylation sites (N-methyl/N-ethyl adjacent to an activating group) is 2. The van der Waals surface area contributed by atoms with Crippen LogP contribution in [0.2, 0.25) is 0 Å². The molecule has 21 heavy (non-hydrogen) atoms. The second-order valence-corrected chi connectivity index (χ2v) is 4.84. The van der Waals surface area contributed by atoms with E-state index in [1.807, 2.05) is 11.9 Å². The molecule has 1 unspecified atom stereocenters. The molecule has 0 spiro atoms. The van der Waals surface area contributed by atoms with Crippen molar-refractivity contribution in [1.29, 1.82) is 0 Å². The summed E-state index contributed by atoms with van der Waals surface area (Å²) < 4.78 is 40.1. The molecular formula is C16H17F3N2. The average molecular weight is 294 g/mol. The summed E-state index contributed by atoms with van der Waals surface area (Å²) in [4.78, 5) is 1.85. The van der Waals surface area contributed by atoms with Crippen molar-refractivity contribution in [3.63, 3.8) is 0 Å². The monoisotopic (exact) mass is 294 g/mol. The lowest BCUT2D eigenvalue weighted by atomic mass is 10.1. The van der Waals surface area contributed by atoms with E-state index in [9.17, 15) is 13.2 Å².